The van der Waals surface area contributed by atoms with Gasteiger partial charge in [-0.15, -0.1) is 0 Å². The molecule has 0 radical (unpaired) electrons. The number of pyridine rings is 1. The van der Waals surface area contributed by atoms with E-state index in [-0.39, 0.29) is 11.9 Å². The number of aromatic nitrogens is 3. The first kappa shape index (κ1) is 23.3. The molecular weight excluding hydrogens is 463 g/mol. The summed E-state index contributed by atoms with van der Waals surface area (Å²) in [5.41, 5.74) is 2.24. The molecule has 5 rings (SSSR count). The second kappa shape index (κ2) is 10.5. The van der Waals surface area contributed by atoms with Gasteiger partial charge < -0.3 is 20.1 Å². The van der Waals surface area contributed by atoms with Crippen LogP contribution < -0.4 is 20.1 Å². The monoisotopic (exact) mass is 490 g/mol. The highest BCUT2D eigenvalue weighted by Crippen LogP contribution is 2.42. The quantitative estimate of drug-likeness (QED) is 0.281. The SMILES string of the molecule is CSNc1c(F)c(C)c(Oc2ncccc2-c2ccnc(NC3CCCNC3)n2)c2ccccc12. The molecule has 3 heterocycles. The molecule has 180 valence electrons. The molecule has 4 aromatic rings. The van der Waals surface area contributed by atoms with E-state index in [1.807, 2.05) is 48.7 Å². The van der Waals surface area contributed by atoms with Gasteiger partial charge in [0.15, 0.2) is 5.82 Å². The molecule has 0 spiro atoms. The molecule has 2 aromatic heterocycles. The van der Waals surface area contributed by atoms with Crippen LogP contribution in [0.25, 0.3) is 22.0 Å². The van der Waals surface area contributed by atoms with Crippen LogP contribution in [-0.2, 0) is 0 Å². The van der Waals surface area contributed by atoms with Gasteiger partial charge in [0.1, 0.15) is 5.75 Å². The van der Waals surface area contributed by atoms with Crippen molar-refractivity contribution in [2.24, 2.45) is 0 Å². The van der Waals surface area contributed by atoms with E-state index in [1.54, 1.807) is 19.3 Å². The van der Waals surface area contributed by atoms with Crippen LogP contribution in [0, 0.1) is 12.7 Å². The van der Waals surface area contributed by atoms with E-state index >= 15 is 4.39 Å². The van der Waals surface area contributed by atoms with E-state index in [0.717, 1.165) is 36.7 Å². The maximum atomic E-state index is 15.4. The number of benzene rings is 2. The summed E-state index contributed by atoms with van der Waals surface area (Å²) < 4.78 is 24.8. The Bertz CT molecular complexity index is 1340. The van der Waals surface area contributed by atoms with Crippen LogP contribution in [0.5, 0.6) is 11.6 Å². The first-order chi connectivity index (χ1) is 17.2. The fraction of sp³-hybridized carbons (Fsp3) is 0.269. The highest BCUT2D eigenvalue weighted by atomic mass is 32.2. The standard InChI is InChI=1S/C26H27FN6OS/c1-16-22(27)23(33-35-2)18-8-3-4-9-19(18)24(16)34-25-20(10-6-13-29-25)21-11-14-30-26(32-21)31-17-7-5-12-28-15-17/h3-4,6,8-11,13-14,17,28,33H,5,7,12,15H2,1-2H3,(H,30,31,32). The topological polar surface area (TPSA) is 84.0 Å². The molecule has 2 aromatic carbocycles. The highest BCUT2D eigenvalue weighted by Gasteiger charge is 2.21. The van der Waals surface area contributed by atoms with Crippen molar-refractivity contribution in [3.63, 3.8) is 0 Å². The first-order valence-corrected chi connectivity index (χ1v) is 12.8. The largest absolute Gasteiger partial charge is 0.437 e. The van der Waals surface area contributed by atoms with Crippen LogP contribution in [0.4, 0.5) is 16.0 Å². The smallest absolute Gasteiger partial charge is 0.228 e. The third kappa shape index (κ3) is 4.87. The number of nitrogens with zero attached hydrogens (tertiary/aromatic N) is 3. The third-order valence-corrected chi connectivity index (χ3v) is 6.47. The lowest BCUT2D eigenvalue weighted by molar-refractivity contribution is 0.461. The second-order valence-electron chi connectivity index (χ2n) is 8.41. The Morgan fingerprint density at radius 1 is 1.09 bits per heavy atom. The van der Waals surface area contributed by atoms with Crippen LogP contribution in [0.1, 0.15) is 18.4 Å². The van der Waals surface area contributed by atoms with Gasteiger partial charge in [-0.3, -0.25) is 0 Å². The Hall–Kier alpha value is -3.43. The van der Waals surface area contributed by atoms with Crippen molar-refractivity contribution < 1.29 is 9.13 Å². The second-order valence-corrected chi connectivity index (χ2v) is 9.02. The minimum atomic E-state index is -0.347. The molecule has 0 saturated carbocycles. The third-order valence-electron chi connectivity index (χ3n) is 6.07. The van der Waals surface area contributed by atoms with Crippen LogP contribution in [0.3, 0.4) is 0 Å². The van der Waals surface area contributed by atoms with Gasteiger partial charge >= 0.3 is 0 Å². The maximum Gasteiger partial charge on any atom is 0.228 e. The zero-order chi connectivity index (χ0) is 24.2. The summed E-state index contributed by atoms with van der Waals surface area (Å²) >= 11 is 1.35. The fourth-order valence-corrected chi connectivity index (χ4v) is 4.74. The van der Waals surface area contributed by atoms with Crippen molar-refractivity contribution in [2.75, 3.05) is 29.4 Å². The lowest BCUT2D eigenvalue weighted by atomic mass is 10.0. The molecule has 1 atom stereocenters. The van der Waals surface area contributed by atoms with Crippen molar-refractivity contribution in [3.8, 4) is 22.9 Å². The highest BCUT2D eigenvalue weighted by molar-refractivity contribution is 7.99. The number of ether oxygens (including phenoxy) is 1. The molecule has 1 saturated heterocycles. The lowest BCUT2D eigenvalue weighted by Gasteiger charge is -2.23. The number of hydrogen-bond donors (Lipinski definition) is 3. The molecule has 0 aliphatic carbocycles. The molecule has 1 aliphatic rings. The van der Waals surface area contributed by atoms with Gasteiger partial charge in [0, 0.05) is 47.6 Å². The number of nitrogens with one attached hydrogen (secondary N) is 3. The summed E-state index contributed by atoms with van der Waals surface area (Å²) in [6, 6.07) is 13.4. The summed E-state index contributed by atoms with van der Waals surface area (Å²) in [6.07, 6.45) is 7.43. The number of rotatable bonds is 7. The molecule has 0 bridgehead atoms. The summed E-state index contributed by atoms with van der Waals surface area (Å²) in [5.74, 6) is 1.01. The molecule has 9 heteroatoms. The van der Waals surface area contributed by atoms with Crippen molar-refractivity contribution in [3.05, 3.63) is 66.2 Å². The maximum absolute atomic E-state index is 15.4. The van der Waals surface area contributed by atoms with Crippen LogP contribution >= 0.6 is 11.9 Å². The van der Waals surface area contributed by atoms with Gasteiger partial charge in [0.2, 0.25) is 11.8 Å². The zero-order valence-electron chi connectivity index (χ0n) is 19.6. The number of fused-ring (bicyclic) bond motifs is 1. The zero-order valence-corrected chi connectivity index (χ0v) is 20.5. The number of anilines is 2. The normalized spacial score (nSPS) is 15.7. The van der Waals surface area contributed by atoms with E-state index in [1.165, 1.54) is 11.9 Å². The Kier molecular flexibility index (Phi) is 6.96. The number of piperidine rings is 1. The molecule has 1 aliphatic heterocycles. The molecule has 1 unspecified atom stereocenters. The number of hydrogen-bond acceptors (Lipinski definition) is 8. The van der Waals surface area contributed by atoms with Crippen molar-refractivity contribution in [1.82, 2.24) is 20.3 Å². The summed E-state index contributed by atoms with van der Waals surface area (Å²) in [7, 11) is 0. The minimum Gasteiger partial charge on any atom is -0.437 e. The summed E-state index contributed by atoms with van der Waals surface area (Å²) in [5, 5.41) is 8.35. The van der Waals surface area contributed by atoms with Gasteiger partial charge in [0.05, 0.1) is 16.9 Å². The van der Waals surface area contributed by atoms with E-state index < -0.39 is 0 Å². The minimum absolute atomic E-state index is 0.286. The Labute approximate surface area is 208 Å². The van der Waals surface area contributed by atoms with Gasteiger partial charge in [-0.25, -0.2) is 19.3 Å². The molecule has 7 nitrogen and oxygen atoms in total. The van der Waals surface area contributed by atoms with Gasteiger partial charge in [0.25, 0.3) is 0 Å². The molecule has 35 heavy (non-hydrogen) atoms. The van der Waals surface area contributed by atoms with Crippen molar-refractivity contribution >= 4 is 34.4 Å². The predicted molar refractivity (Wildman–Crippen MR) is 141 cm³/mol. The van der Waals surface area contributed by atoms with E-state index in [9.17, 15) is 0 Å². The van der Waals surface area contributed by atoms with E-state index in [4.69, 9.17) is 9.72 Å². The van der Waals surface area contributed by atoms with Gasteiger partial charge in [-0.1, -0.05) is 36.2 Å². The molecular formula is C26H27FN6OS. The van der Waals surface area contributed by atoms with Gasteiger partial charge in [-0.2, -0.15) is 0 Å². The lowest BCUT2D eigenvalue weighted by Crippen LogP contribution is -2.38. The fourth-order valence-electron chi connectivity index (χ4n) is 4.34. The molecule has 1 fully saturated rings. The van der Waals surface area contributed by atoms with E-state index in [2.05, 4.69) is 25.3 Å². The van der Waals surface area contributed by atoms with Crippen LogP contribution in [-0.4, -0.2) is 40.3 Å². The summed E-state index contributed by atoms with van der Waals surface area (Å²) in [4.78, 5) is 13.6. The average molecular weight is 491 g/mol. The molecule has 0 amide bonds. The Morgan fingerprint density at radius 2 is 1.94 bits per heavy atom. The molecule has 3 N–H and O–H groups in total. The van der Waals surface area contributed by atoms with Crippen molar-refractivity contribution in [2.45, 2.75) is 25.8 Å². The average Bonchev–Trinajstić information content (AvgIpc) is 2.90. The van der Waals surface area contributed by atoms with Crippen LogP contribution in [0.2, 0.25) is 0 Å². The first-order valence-electron chi connectivity index (χ1n) is 11.6. The number of halogens is 1. The van der Waals surface area contributed by atoms with E-state index in [0.29, 0.717) is 40.1 Å². The van der Waals surface area contributed by atoms with Gasteiger partial charge in [-0.05, 0) is 44.5 Å². The Morgan fingerprint density at radius 3 is 2.74 bits per heavy atom. The Balaban J connectivity index is 1.52. The van der Waals surface area contributed by atoms with Crippen LogP contribution in [0.15, 0.2) is 54.9 Å². The van der Waals surface area contributed by atoms with Crippen molar-refractivity contribution in [1.29, 1.82) is 0 Å². The summed E-state index contributed by atoms with van der Waals surface area (Å²) in [6.45, 7) is 3.64. The predicted octanol–water partition coefficient (Wildman–Crippen LogP) is 5.79.